The van der Waals surface area contributed by atoms with Crippen LogP contribution in [0.2, 0.25) is 0 Å². The lowest BCUT2D eigenvalue weighted by Gasteiger charge is -2.16. The van der Waals surface area contributed by atoms with Gasteiger partial charge in [0.05, 0.1) is 19.3 Å². The van der Waals surface area contributed by atoms with Gasteiger partial charge in [0.1, 0.15) is 5.82 Å². The number of methoxy groups -OCH3 is 1. The summed E-state index contributed by atoms with van der Waals surface area (Å²) in [6.45, 7) is 2.30. The summed E-state index contributed by atoms with van der Waals surface area (Å²) in [4.78, 5) is 8.40. The minimum Gasteiger partial charge on any atom is -0.394 e. The summed E-state index contributed by atoms with van der Waals surface area (Å²) < 4.78 is 4.97. The van der Waals surface area contributed by atoms with Crippen LogP contribution in [-0.4, -0.2) is 48.5 Å². The molecule has 1 heterocycles. The van der Waals surface area contributed by atoms with E-state index in [1.54, 1.807) is 14.2 Å². The molecule has 1 unspecified atom stereocenters. The molecule has 0 spiro atoms. The average molecular weight is 226 g/mol. The second-order valence-electron chi connectivity index (χ2n) is 3.45. The summed E-state index contributed by atoms with van der Waals surface area (Å²) >= 11 is 0. The van der Waals surface area contributed by atoms with E-state index in [1.807, 2.05) is 13.0 Å². The van der Waals surface area contributed by atoms with Crippen LogP contribution in [0.5, 0.6) is 0 Å². The van der Waals surface area contributed by atoms with Crippen molar-refractivity contribution < 1.29 is 9.84 Å². The van der Waals surface area contributed by atoms with Crippen LogP contribution in [0.25, 0.3) is 0 Å². The van der Waals surface area contributed by atoms with E-state index in [-0.39, 0.29) is 12.6 Å². The number of nitrogens with one attached hydrogen (secondary N) is 2. The molecule has 0 bridgehead atoms. The SMILES string of the molecule is CNc1nc(C)cc(NC(CO)COC)n1. The van der Waals surface area contributed by atoms with Crippen molar-refractivity contribution in [3.05, 3.63) is 11.8 Å². The number of rotatable bonds is 6. The Hall–Kier alpha value is -1.40. The van der Waals surface area contributed by atoms with Gasteiger partial charge >= 0.3 is 0 Å². The van der Waals surface area contributed by atoms with Crippen LogP contribution in [0, 0.1) is 6.92 Å². The maximum absolute atomic E-state index is 9.11. The first-order chi connectivity index (χ1) is 7.69. The van der Waals surface area contributed by atoms with Crippen LogP contribution in [0.4, 0.5) is 11.8 Å². The van der Waals surface area contributed by atoms with E-state index in [4.69, 9.17) is 9.84 Å². The molecule has 16 heavy (non-hydrogen) atoms. The van der Waals surface area contributed by atoms with Gasteiger partial charge in [-0.05, 0) is 6.92 Å². The first-order valence-corrected chi connectivity index (χ1v) is 5.09. The van der Waals surface area contributed by atoms with Gasteiger partial charge in [0.2, 0.25) is 5.95 Å². The Balaban J connectivity index is 2.74. The zero-order valence-corrected chi connectivity index (χ0v) is 9.82. The van der Waals surface area contributed by atoms with Gasteiger partial charge in [0.25, 0.3) is 0 Å². The Morgan fingerprint density at radius 2 is 2.25 bits per heavy atom. The zero-order valence-electron chi connectivity index (χ0n) is 9.82. The third-order valence-electron chi connectivity index (χ3n) is 2.02. The molecule has 3 N–H and O–H groups in total. The number of hydrogen-bond donors (Lipinski definition) is 3. The van der Waals surface area contributed by atoms with Crippen molar-refractivity contribution in [2.24, 2.45) is 0 Å². The van der Waals surface area contributed by atoms with Gasteiger partial charge in [-0.1, -0.05) is 0 Å². The van der Waals surface area contributed by atoms with Crippen molar-refractivity contribution >= 4 is 11.8 Å². The Morgan fingerprint density at radius 1 is 1.50 bits per heavy atom. The lowest BCUT2D eigenvalue weighted by atomic mass is 10.3. The Morgan fingerprint density at radius 3 is 2.81 bits per heavy atom. The first-order valence-electron chi connectivity index (χ1n) is 5.09. The number of aliphatic hydroxyl groups is 1. The van der Waals surface area contributed by atoms with Crippen molar-refractivity contribution in [2.75, 3.05) is 38.0 Å². The molecule has 0 saturated heterocycles. The number of anilines is 2. The molecule has 1 aromatic heterocycles. The molecule has 0 aliphatic carbocycles. The maximum Gasteiger partial charge on any atom is 0.224 e. The highest BCUT2D eigenvalue weighted by Crippen LogP contribution is 2.10. The fourth-order valence-corrected chi connectivity index (χ4v) is 1.30. The van der Waals surface area contributed by atoms with E-state index in [2.05, 4.69) is 20.6 Å². The van der Waals surface area contributed by atoms with Gasteiger partial charge in [0.15, 0.2) is 0 Å². The molecular formula is C10H18N4O2. The molecule has 0 radical (unpaired) electrons. The van der Waals surface area contributed by atoms with Crippen LogP contribution < -0.4 is 10.6 Å². The molecule has 0 aliphatic heterocycles. The smallest absolute Gasteiger partial charge is 0.224 e. The molecule has 0 saturated carbocycles. The average Bonchev–Trinajstić information content (AvgIpc) is 2.27. The molecule has 6 nitrogen and oxygen atoms in total. The minimum absolute atomic E-state index is 0.00816. The Labute approximate surface area is 95.1 Å². The largest absolute Gasteiger partial charge is 0.394 e. The lowest BCUT2D eigenvalue weighted by molar-refractivity contribution is 0.153. The van der Waals surface area contributed by atoms with E-state index in [0.29, 0.717) is 18.4 Å². The Kier molecular flexibility index (Phi) is 4.94. The predicted octanol–water partition coefficient (Wildman–Crippen LogP) is 0.246. The number of aryl methyl sites for hydroxylation is 1. The third-order valence-corrected chi connectivity index (χ3v) is 2.02. The molecule has 0 aliphatic rings. The number of aromatic nitrogens is 2. The molecule has 90 valence electrons. The van der Waals surface area contributed by atoms with Crippen molar-refractivity contribution in [1.82, 2.24) is 9.97 Å². The molecule has 1 rings (SSSR count). The summed E-state index contributed by atoms with van der Waals surface area (Å²) in [5.41, 5.74) is 0.857. The normalized spacial score (nSPS) is 12.2. The third kappa shape index (κ3) is 3.63. The summed E-state index contributed by atoms with van der Waals surface area (Å²) in [5.74, 6) is 1.23. The maximum atomic E-state index is 9.11. The molecule has 1 atom stereocenters. The van der Waals surface area contributed by atoms with Gasteiger partial charge in [0, 0.05) is 25.9 Å². The lowest BCUT2D eigenvalue weighted by Crippen LogP contribution is -2.29. The molecule has 0 fully saturated rings. The van der Waals surface area contributed by atoms with Gasteiger partial charge in [-0.3, -0.25) is 0 Å². The van der Waals surface area contributed by atoms with Gasteiger partial charge in [-0.2, -0.15) is 4.98 Å². The number of ether oxygens (including phenoxy) is 1. The first kappa shape index (κ1) is 12.7. The molecule has 0 amide bonds. The summed E-state index contributed by atoms with van der Waals surface area (Å²) in [5, 5.41) is 15.1. The molecule has 0 aromatic carbocycles. The van der Waals surface area contributed by atoms with Crippen molar-refractivity contribution in [2.45, 2.75) is 13.0 Å². The molecule has 1 aromatic rings. The highest BCUT2D eigenvalue weighted by atomic mass is 16.5. The van der Waals surface area contributed by atoms with E-state index >= 15 is 0 Å². The minimum atomic E-state index is -0.163. The van der Waals surface area contributed by atoms with Crippen molar-refractivity contribution in [3.63, 3.8) is 0 Å². The zero-order chi connectivity index (χ0) is 12.0. The van der Waals surface area contributed by atoms with Crippen LogP contribution >= 0.6 is 0 Å². The van der Waals surface area contributed by atoms with Crippen LogP contribution in [0.1, 0.15) is 5.69 Å². The van der Waals surface area contributed by atoms with Crippen molar-refractivity contribution in [3.8, 4) is 0 Å². The fraction of sp³-hybridized carbons (Fsp3) is 0.600. The highest BCUT2D eigenvalue weighted by Gasteiger charge is 2.08. The highest BCUT2D eigenvalue weighted by molar-refractivity contribution is 5.42. The quantitative estimate of drug-likeness (QED) is 0.645. The number of aliphatic hydroxyl groups excluding tert-OH is 1. The standard InChI is InChI=1S/C10H18N4O2/c1-7-4-9(14-10(11-2)12-7)13-8(5-15)6-16-3/h4,8,15H,5-6H2,1-3H3,(H2,11,12,13,14). The molecule has 6 heteroatoms. The van der Waals surface area contributed by atoms with E-state index in [0.717, 1.165) is 5.69 Å². The summed E-state index contributed by atoms with van der Waals surface area (Å²) in [7, 11) is 3.35. The van der Waals surface area contributed by atoms with Crippen LogP contribution in [0.15, 0.2) is 6.07 Å². The second kappa shape index (κ2) is 6.24. The van der Waals surface area contributed by atoms with Crippen LogP contribution in [-0.2, 0) is 4.74 Å². The van der Waals surface area contributed by atoms with E-state index in [1.165, 1.54) is 0 Å². The number of nitrogens with zero attached hydrogens (tertiary/aromatic N) is 2. The van der Waals surface area contributed by atoms with E-state index in [9.17, 15) is 0 Å². The topological polar surface area (TPSA) is 79.3 Å². The van der Waals surface area contributed by atoms with E-state index < -0.39 is 0 Å². The molecular weight excluding hydrogens is 208 g/mol. The number of hydrogen-bond acceptors (Lipinski definition) is 6. The van der Waals surface area contributed by atoms with Gasteiger partial charge < -0.3 is 20.5 Å². The monoisotopic (exact) mass is 226 g/mol. The van der Waals surface area contributed by atoms with Gasteiger partial charge in [-0.25, -0.2) is 4.98 Å². The van der Waals surface area contributed by atoms with Gasteiger partial charge in [-0.15, -0.1) is 0 Å². The second-order valence-corrected chi connectivity index (χ2v) is 3.45. The van der Waals surface area contributed by atoms with Crippen molar-refractivity contribution in [1.29, 1.82) is 0 Å². The van der Waals surface area contributed by atoms with Crippen LogP contribution in [0.3, 0.4) is 0 Å². The summed E-state index contributed by atoms with van der Waals surface area (Å²) in [6.07, 6.45) is 0. The fourth-order valence-electron chi connectivity index (χ4n) is 1.30. The summed E-state index contributed by atoms with van der Waals surface area (Å²) in [6, 6.07) is 1.66. The predicted molar refractivity (Wildman–Crippen MR) is 62.7 cm³/mol. The Bertz CT molecular complexity index is 333.